The van der Waals surface area contributed by atoms with Crippen LogP contribution in [0.3, 0.4) is 0 Å². The average Bonchev–Trinajstić information content (AvgIpc) is 3.57. The highest BCUT2D eigenvalue weighted by Gasteiger charge is 2.26. The number of carbonyl (C=O) groups excluding carboxylic acids is 1. The van der Waals surface area contributed by atoms with Crippen LogP contribution in [0.5, 0.6) is 0 Å². The Kier molecular flexibility index (Phi) is 29.7. The van der Waals surface area contributed by atoms with Gasteiger partial charge in [0.15, 0.2) is 34.0 Å². The third-order valence-electron chi connectivity index (χ3n) is 11.5. The van der Waals surface area contributed by atoms with Gasteiger partial charge >= 0.3 is 33.1 Å². The van der Waals surface area contributed by atoms with E-state index in [9.17, 15) is 33.4 Å². The molecule has 0 fully saturated rings. The summed E-state index contributed by atoms with van der Waals surface area (Å²) >= 11 is 0. The van der Waals surface area contributed by atoms with Crippen LogP contribution in [0.4, 0.5) is 34.9 Å². The first-order valence-corrected chi connectivity index (χ1v) is 29.1. The van der Waals surface area contributed by atoms with E-state index >= 15 is 0 Å². The van der Waals surface area contributed by atoms with Crippen molar-refractivity contribution in [2.75, 3.05) is 85.6 Å². The smallest absolute Gasteiger partial charge is 0.335 e. The quantitative estimate of drug-likeness (QED) is 0.0171. The standard InChI is InChI=1S/C25H35N8O6P.C15H15N7O2.C10H22NO5P.2CH4/c1-4-38-40(37,39-5-2)13-7-6-8-19(24(35)36)30-23(34)16-9-11-18(12-10-16)33(3)15-17-14-28-22-20(29-17)21(26)31-25(27)32-22;1-22(10-4-2-8(3-5-10)14(23)24)7-9-6-18-13-11(19-9)12(16)20-15(17)21-13;1-3-15-17(14,16-4-2)8-6-5-7-9(11)10(12)13;;/h9-12,14,19H,4-8,13,15H2,1-3H3,(H,30,34)(H,35,36)(H4,26,27,28,31,32);2-6H,7H2,1H3,(H,23,24)(H4,16,17,18,20,21);9H,3-8,11H2,1-2H3,(H,12,13);2*1H4/t19-;;9-;;/m0.0../s1. The van der Waals surface area contributed by atoms with Crippen LogP contribution in [0.2, 0.25) is 0 Å². The maximum absolute atomic E-state index is 12.8. The number of carbonyl (C=O) groups is 4. The van der Waals surface area contributed by atoms with Gasteiger partial charge in [-0.15, -0.1) is 0 Å². The molecule has 0 aliphatic heterocycles. The van der Waals surface area contributed by atoms with Crippen molar-refractivity contribution >= 4 is 96.2 Å². The van der Waals surface area contributed by atoms with Crippen molar-refractivity contribution in [2.24, 2.45) is 5.73 Å². The van der Waals surface area contributed by atoms with Gasteiger partial charge in [-0.2, -0.15) is 19.9 Å². The summed E-state index contributed by atoms with van der Waals surface area (Å²) in [7, 11) is -2.47. The average molecular weight is 1200 g/mol. The molecule has 1 amide bonds. The number of hydrogen-bond donors (Lipinski definition) is 9. The summed E-state index contributed by atoms with van der Waals surface area (Å²) in [5.74, 6) is -3.22. The van der Waals surface area contributed by atoms with Crippen LogP contribution >= 0.6 is 15.2 Å². The van der Waals surface area contributed by atoms with Gasteiger partial charge in [0.1, 0.15) is 12.1 Å². The molecule has 4 heterocycles. The molecule has 0 aliphatic rings. The van der Waals surface area contributed by atoms with E-state index in [0.717, 1.165) is 11.4 Å². The summed E-state index contributed by atoms with van der Waals surface area (Å²) in [6, 6.07) is 11.3. The Morgan fingerprint density at radius 2 is 0.952 bits per heavy atom. The van der Waals surface area contributed by atoms with Gasteiger partial charge in [0.25, 0.3) is 5.91 Å². The summed E-state index contributed by atoms with van der Waals surface area (Å²) < 4.78 is 45.3. The molecule has 0 saturated carbocycles. The minimum absolute atomic E-state index is 0. The molecule has 6 rings (SSSR count). The molecule has 14 N–H and O–H groups in total. The number of unbranched alkanes of at least 4 members (excludes halogenated alkanes) is 2. The minimum Gasteiger partial charge on any atom is -0.480 e. The Morgan fingerprint density at radius 3 is 1.31 bits per heavy atom. The molecule has 2 atom stereocenters. The SMILES string of the molecule is C.C.CCOP(=O)(CCCC[C@H](N)C(=O)O)OCC.CCOP(=O)(CCCC[C@H](NC(=O)c1ccc(N(C)Cc2cnc3nc(N)nc(N)c3n2)cc1)C(=O)O)OCC.CN(Cc1cnc2nc(N)nc(N)c2n1)c1ccc(C(=O)O)cc1. The Morgan fingerprint density at radius 1 is 0.566 bits per heavy atom. The van der Waals surface area contributed by atoms with Crippen molar-refractivity contribution in [3.05, 3.63) is 83.4 Å². The summed E-state index contributed by atoms with van der Waals surface area (Å²) in [5.41, 5.74) is 33.1. The van der Waals surface area contributed by atoms with Crippen LogP contribution in [-0.4, -0.2) is 144 Å². The van der Waals surface area contributed by atoms with E-state index in [1.54, 1.807) is 88.6 Å². The molecule has 456 valence electrons. The van der Waals surface area contributed by atoms with Gasteiger partial charge < -0.3 is 77.2 Å². The second-order valence-corrected chi connectivity index (χ2v) is 22.1. The molecule has 0 saturated heterocycles. The van der Waals surface area contributed by atoms with Crippen molar-refractivity contribution in [3.8, 4) is 0 Å². The number of aliphatic carboxylic acids is 2. The Bertz CT molecular complexity index is 3130. The number of nitrogens with two attached hydrogens (primary N) is 5. The van der Waals surface area contributed by atoms with Crippen LogP contribution in [0.25, 0.3) is 22.3 Å². The molecule has 0 aliphatic carbocycles. The van der Waals surface area contributed by atoms with Crippen molar-refractivity contribution in [1.29, 1.82) is 0 Å². The lowest BCUT2D eigenvalue weighted by Gasteiger charge is -2.20. The van der Waals surface area contributed by atoms with Gasteiger partial charge in [-0.25, -0.2) is 29.5 Å². The Balaban J connectivity index is 0.000000465. The number of carboxylic acid groups (broad SMARTS) is 3. The lowest BCUT2D eigenvalue weighted by Crippen LogP contribution is -2.40. The van der Waals surface area contributed by atoms with Gasteiger partial charge in [-0.05, 0) is 102 Å². The number of nitrogen functional groups attached to an aromatic ring is 4. The van der Waals surface area contributed by atoms with Crippen molar-refractivity contribution in [2.45, 2.75) is 106 Å². The first-order valence-electron chi connectivity index (χ1n) is 25.7. The number of rotatable bonds is 29. The number of amides is 1. The van der Waals surface area contributed by atoms with Gasteiger partial charge in [-0.1, -0.05) is 27.7 Å². The fourth-order valence-electron chi connectivity index (χ4n) is 7.58. The molecular weight excluding hydrogens is 1120 g/mol. The maximum atomic E-state index is 12.8. The van der Waals surface area contributed by atoms with Crippen molar-refractivity contribution in [1.82, 2.24) is 45.2 Å². The van der Waals surface area contributed by atoms with Gasteiger partial charge in [-0.3, -0.25) is 18.7 Å². The molecule has 29 nitrogen and oxygen atoms in total. The molecular formula is C52H80N16O13P2. The normalized spacial score (nSPS) is 11.8. The Labute approximate surface area is 482 Å². The largest absolute Gasteiger partial charge is 0.480 e. The predicted molar refractivity (Wildman–Crippen MR) is 319 cm³/mol. The lowest BCUT2D eigenvalue weighted by molar-refractivity contribution is -0.140. The number of aromatic carboxylic acids is 1. The van der Waals surface area contributed by atoms with E-state index in [-0.39, 0.29) is 69.7 Å². The molecule has 0 unspecified atom stereocenters. The highest BCUT2D eigenvalue weighted by atomic mass is 31.2. The molecule has 83 heavy (non-hydrogen) atoms. The number of hydrogen-bond acceptors (Lipinski definition) is 25. The lowest BCUT2D eigenvalue weighted by atomic mass is 10.1. The molecule has 31 heteroatoms. The summed E-state index contributed by atoms with van der Waals surface area (Å²) in [4.78, 5) is 82.8. The van der Waals surface area contributed by atoms with E-state index in [2.05, 4.69) is 45.2 Å². The van der Waals surface area contributed by atoms with Crippen LogP contribution in [0.15, 0.2) is 60.9 Å². The second-order valence-electron chi connectivity index (χ2n) is 17.8. The Hall–Kier alpha value is -7.78. The predicted octanol–water partition coefficient (Wildman–Crippen LogP) is 6.87. The number of nitrogens with zero attached hydrogens (tertiary/aromatic N) is 10. The fourth-order valence-corrected chi connectivity index (χ4v) is 11.0. The molecule has 0 radical (unpaired) electrons. The molecule has 6 aromatic rings. The zero-order valence-electron chi connectivity index (χ0n) is 46.0. The van der Waals surface area contributed by atoms with Crippen molar-refractivity contribution in [3.63, 3.8) is 0 Å². The number of carboxylic acids is 3. The fraction of sp³-hybridized carbons (Fsp3) is 0.462. The highest BCUT2D eigenvalue weighted by Crippen LogP contribution is 2.49. The number of benzene rings is 2. The number of aromatic nitrogens is 8. The van der Waals surface area contributed by atoms with Crippen molar-refractivity contribution < 1.29 is 61.7 Å². The van der Waals surface area contributed by atoms with E-state index in [4.69, 9.17) is 57.0 Å². The summed E-state index contributed by atoms with van der Waals surface area (Å²) in [6.45, 7) is 9.02. The van der Waals surface area contributed by atoms with Crippen LogP contribution in [-0.2, 0) is 49.9 Å². The van der Waals surface area contributed by atoms with E-state index in [1.807, 2.05) is 23.9 Å². The first kappa shape index (κ1) is 71.3. The molecule has 4 aromatic heterocycles. The van der Waals surface area contributed by atoms with Gasteiger partial charge in [0, 0.05) is 31.0 Å². The monoisotopic (exact) mass is 1200 g/mol. The summed E-state index contributed by atoms with van der Waals surface area (Å²) in [5, 5.41) is 29.7. The van der Waals surface area contributed by atoms with E-state index in [1.165, 1.54) is 0 Å². The zero-order chi connectivity index (χ0) is 59.9. The van der Waals surface area contributed by atoms with E-state index in [0.29, 0.717) is 104 Å². The number of fused-ring (bicyclic) bond motifs is 2. The van der Waals surface area contributed by atoms with Crippen LogP contribution in [0, 0.1) is 0 Å². The third kappa shape index (κ3) is 22.8. The topological polar surface area (TPSA) is 452 Å². The summed E-state index contributed by atoms with van der Waals surface area (Å²) in [6.07, 6.45) is 6.24. The third-order valence-corrected chi connectivity index (χ3v) is 15.9. The maximum Gasteiger partial charge on any atom is 0.335 e. The van der Waals surface area contributed by atoms with Gasteiger partial charge in [0.2, 0.25) is 11.9 Å². The second kappa shape index (κ2) is 34.6. The minimum atomic E-state index is -3.19. The zero-order valence-corrected chi connectivity index (χ0v) is 47.8. The molecule has 0 bridgehead atoms. The van der Waals surface area contributed by atoms with Crippen LogP contribution in [0.1, 0.15) is 113 Å². The highest BCUT2D eigenvalue weighted by molar-refractivity contribution is 7.54. The molecule has 2 aromatic carbocycles. The molecule has 0 spiro atoms. The van der Waals surface area contributed by atoms with Gasteiger partial charge in [0.05, 0.1) is 81.2 Å². The first-order chi connectivity index (χ1) is 38.4. The number of anilines is 6. The van der Waals surface area contributed by atoms with E-state index < -0.39 is 51.1 Å². The van der Waals surface area contributed by atoms with Crippen LogP contribution < -0.4 is 43.8 Å². The number of nitrogens with one attached hydrogen (secondary N) is 1.